The molecule has 0 heterocycles. The van der Waals surface area contributed by atoms with Gasteiger partial charge in [0.2, 0.25) is 5.91 Å². The molecule has 0 aliphatic rings. The zero-order valence-corrected chi connectivity index (χ0v) is 13.9. The van der Waals surface area contributed by atoms with Gasteiger partial charge >= 0.3 is 0 Å². The van der Waals surface area contributed by atoms with Crippen molar-refractivity contribution in [3.05, 3.63) is 35.4 Å². The van der Waals surface area contributed by atoms with Gasteiger partial charge in [0.25, 0.3) is 0 Å². The van der Waals surface area contributed by atoms with E-state index in [2.05, 4.69) is 29.5 Å². The van der Waals surface area contributed by atoms with Gasteiger partial charge in [0.15, 0.2) is 5.96 Å². The van der Waals surface area contributed by atoms with Crippen LogP contribution in [0, 0.1) is 5.92 Å². The zero-order chi connectivity index (χ0) is 16.4. The first-order valence-electron chi connectivity index (χ1n) is 7.93. The lowest BCUT2D eigenvalue weighted by Gasteiger charge is -2.12. The first kappa shape index (κ1) is 18.0. The van der Waals surface area contributed by atoms with Crippen LogP contribution < -0.4 is 16.4 Å². The van der Waals surface area contributed by atoms with Crippen molar-refractivity contribution in [2.75, 3.05) is 13.1 Å². The summed E-state index contributed by atoms with van der Waals surface area (Å²) in [4.78, 5) is 15.6. The molecular formula is C17H28N4O. The van der Waals surface area contributed by atoms with Crippen molar-refractivity contribution >= 4 is 11.9 Å². The number of guanidine groups is 1. The first-order chi connectivity index (χ1) is 10.5. The standard InChI is InChI=1S/C17H28N4O/c1-4-19-17(20-11-5-6-13(2)3)21-12-14-7-9-15(10-8-14)16(18)22/h7-10,13H,4-6,11-12H2,1-3H3,(H2,18,22)(H2,19,20,21). The van der Waals surface area contributed by atoms with Crippen LogP contribution in [0.15, 0.2) is 29.3 Å². The molecule has 0 fully saturated rings. The third-order valence-electron chi connectivity index (χ3n) is 3.25. The molecule has 0 aliphatic heterocycles. The third kappa shape index (κ3) is 7.11. The van der Waals surface area contributed by atoms with E-state index in [1.165, 1.54) is 6.42 Å². The molecule has 0 radical (unpaired) electrons. The van der Waals surface area contributed by atoms with Crippen molar-refractivity contribution in [1.82, 2.24) is 10.6 Å². The number of nitrogens with zero attached hydrogens (tertiary/aromatic N) is 1. The van der Waals surface area contributed by atoms with Gasteiger partial charge < -0.3 is 16.4 Å². The summed E-state index contributed by atoms with van der Waals surface area (Å²) < 4.78 is 0. The molecule has 0 unspecified atom stereocenters. The van der Waals surface area contributed by atoms with Gasteiger partial charge in [-0.1, -0.05) is 26.0 Å². The van der Waals surface area contributed by atoms with Crippen molar-refractivity contribution in [3.63, 3.8) is 0 Å². The number of primary amides is 1. The molecule has 4 N–H and O–H groups in total. The van der Waals surface area contributed by atoms with Gasteiger partial charge in [-0.05, 0) is 43.4 Å². The molecule has 1 aromatic carbocycles. The minimum absolute atomic E-state index is 0.407. The molecule has 0 bridgehead atoms. The number of amides is 1. The molecule has 0 saturated carbocycles. The van der Waals surface area contributed by atoms with E-state index in [-0.39, 0.29) is 0 Å². The normalized spacial score (nSPS) is 11.5. The Bertz CT molecular complexity index is 480. The minimum atomic E-state index is -0.407. The summed E-state index contributed by atoms with van der Waals surface area (Å²) in [7, 11) is 0. The Labute approximate surface area is 133 Å². The van der Waals surface area contributed by atoms with Crippen LogP contribution in [0.25, 0.3) is 0 Å². The smallest absolute Gasteiger partial charge is 0.248 e. The maximum atomic E-state index is 11.0. The molecule has 5 nitrogen and oxygen atoms in total. The highest BCUT2D eigenvalue weighted by Crippen LogP contribution is 2.05. The fraction of sp³-hybridized carbons (Fsp3) is 0.529. The highest BCUT2D eigenvalue weighted by atomic mass is 16.1. The van der Waals surface area contributed by atoms with Crippen molar-refractivity contribution in [3.8, 4) is 0 Å². The SMILES string of the molecule is CCNC(=NCc1ccc(C(N)=O)cc1)NCCCC(C)C. The predicted molar refractivity (Wildman–Crippen MR) is 91.9 cm³/mol. The van der Waals surface area contributed by atoms with E-state index in [0.29, 0.717) is 12.1 Å². The molecule has 0 aliphatic carbocycles. The van der Waals surface area contributed by atoms with Gasteiger partial charge in [-0.2, -0.15) is 0 Å². The lowest BCUT2D eigenvalue weighted by Crippen LogP contribution is -2.37. The van der Waals surface area contributed by atoms with E-state index in [0.717, 1.165) is 37.0 Å². The van der Waals surface area contributed by atoms with Crippen LogP contribution in [-0.4, -0.2) is 25.0 Å². The lowest BCUT2D eigenvalue weighted by molar-refractivity contribution is 0.100. The molecule has 0 spiro atoms. The van der Waals surface area contributed by atoms with Crippen LogP contribution in [0.2, 0.25) is 0 Å². The average molecular weight is 304 g/mol. The van der Waals surface area contributed by atoms with E-state index in [9.17, 15) is 4.79 Å². The second kappa shape index (κ2) is 9.82. The lowest BCUT2D eigenvalue weighted by atomic mass is 10.1. The molecule has 1 rings (SSSR count). The molecule has 122 valence electrons. The van der Waals surface area contributed by atoms with Crippen molar-refractivity contribution in [2.24, 2.45) is 16.6 Å². The maximum Gasteiger partial charge on any atom is 0.248 e. The molecule has 1 aromatic rings. The number of carbonyl (C=O) groups excluding carboxylic acids is 1. The molecule has 0 saturated heterocycles. The number of nitrogens with one attached hydrogen (secondary N) is 2. The number of benzene rings is 1. The van der Waals surface area contributed by atoms with Gasteiger partial charge in [0.1, 0.15) is 0 Å². The van der Waals surface area contributed by atoms with Crippen molar-refractivity contribution in [1.29, 1.82) is 0 Å². The topological polar surface area (TPSA) is 79.5 Å². The van der Waals surface area contributed by atoms with Crippen LogP contribution in [0.5, 0.6) is 0 Å². The third-order valence-corrected chi connectivity index (χ3v) is 3.25. The highest BCUT2D eigenvalue weighted by Gasteiger charge is 2.01. The second-order valence-electron chi connectivity index (χ2n) is 5.72. The van der Waals surface area contributed by atoms with E-state index < -0.39 is 5.91 Å². The quantitative estimate of drug-likeness (QED) is 0.391. The first-order valence-corrected chi connectivity index (χ1v) is 7.93. The molecule has 1 amide bonds. The fourth-order valence-corrected chi connectivity index (χ4v) is 2.00. The summed E-state index contributed by atoms with van der Waals surface area (Å²) >= 11 is 0. The number of aliphatic imine (C=N–C) groups is 1. The van der Waals surface area contributed by atoms with E-state index >= 15 is 0 Å². The number of rotatable bonds is 8. The molecule has 5 heteroatoms. The minimum Gasteiger partial charge on any atom is -0.366 e. The van der Waals surface area contributed by atoms with Gasteiger partial charge in [0, 0.05) is 18.7 Å². The summed E-state index contributed by atoms with van der Waals surface area (Å²) in [5, 5.41) is 6.58. The Balaban J connectivity index is 2.51. The molecule has 0 atom stereocenters. The summed E-state index contributed by atoms with van der Waals surface area (Å²) in [6, 6.07) is 7.23. The summed E-state index contributed by atoms with van der Waals surface area (Å²) in [5.74, 6) is 1.14. The Kier molecular flexibility index (Phi) is 8.04. The number of nitrogens with two attached hydrogens (primary N) is 1. The number of hydrogen-bond acceptors (Lipinski definition) is 2. The van der Waals surface area contributed by atoms with Crippen molar-refractivity contribution in [2.45, 2.75) is 40.2 Å². The molecule has 22 heavy (non-hydrogen) atoms. The molecule has 0 aromatic heterocycles. The Morgan fingerprint density at radius 2 is 1.91 bits per heavy atom. The van der Waals surface area contributed by atoms with Gasteiger partial charge in [-0.15, -0.1) is 0 Å². The largest absolute Gasteiger partial charge is 0.366 e. The van der Waals surface area contributed by atoms with Crippen LogP contribution >= 0.6 is 0 Å². The highest BCUT2D eigenvalue weighted by molar-refractivity contribution is 5.92. The number of hydrogen-bond donors (Lipinski definition) is 3. The Hall–Kier alpha value is -2.04. The Morgan fingerprint density at radius 1 is 1.23 bits per heavy atom. The van der Waals surface area contributed by atoms with E-state index in [4.69, 9.17) is 5.73 Å². The summed E-state index contributed by atoms with van der Waals surface area (Å²) in [5.41, 5.74) is 6.79. The summed E-state index contributed by atoms with van der Waals surface area (Å²) in [6.45, 7) is 8.83. The zero-order valence-electron chi connectivity index (χ0n) is 13.9. The van der Waals surface area contributed by atoms with Crippen LogP contribution in [0.3, 0.4) is 0 Å². The van der Waals surface area contributed by atoms with E-state index in [1.54, 1.807) is 12.1 Å². The fourth-order valence-electron chi connectivity index (χ4n) is 2.00. The van der Waals surface area contributed by atoms with Crippen LogP contribution in [0.4, 0.5) is 0 Å². The van der Waals surface area contributed by atoms with Crippen LogP contribution in [-0.2, 0) is 6.54 Å². The van der Waals surface area contributed by atoms with E-state index in [1.807, 2.05) is 19.1 Å². The van der Waals surface area contributed by atoms with Gasteiger partial charge in [-0.25, -0.2) is 4.99 Å². The predicted octanol–water partition coefficient (Wildman–Crippen LogP) is 2.28. The van der Waals surface area contributed by atoms with Crippen LogP contribution in [0.1, 0.15) is 49.5 Å². The average Bonchev–Trinajstić information content (AvgIpc) is 2.49. The maximum absolute atomic E-state index is 11.0. The van der Waals surface area contributed by atoms with Crippen molar-refractivity contribution < 1.29 is 4.79 Å². The Morgan fingerprint density at radius 3 is 2.45 bits per heavy atom. The monoisotopic (exact) mass is 304 g/mol. The van der Waals surface area contributed by atoms with Gasteiger partial charge in [-0.3, -0.25) is 4.79 Å². The summed E-state index contributed by atoms with van der Waals surface area (Å²) in [6.07, 6.45) is 2.34. The number of carbonyl (C=O) groups is 1. The molecular weight excluding hydrogens is 276 g/mol. The van der Waals surface area contributed by atoms with Gasteiger partial charge in [0.05, 0.1) is 6.54 Å². The second-order valence-corrected chi connectivity index (χ2v) is 5.72.